The summed E-state index contributed by atoms with van der Waals surface area (Å²) in [6, 6.07) is 0.257. The third kappa shape index (κ3) is 3.71. The number of carbonyl (C=O) groups is 2. The molecule has 142 valence electrons. The molecule has 0 spiro atoms. The molecule has 0 aromatic carbocycles. The molecule has 5 nitrogen and oxygen atoms in total. The molecule has 3 fully saturated rings. The number of carbonyl (C=O) groups excluding carboxylic acids is 2. The lowest BCUT2D eigenvalue weighted by atomic mass is 9.64. The highest BCUT2D eigenvalue weighted by Gasteiger charge is 2.47. The SMILES string of the molecule is CCC1CCC(NC(=O)C2CC3CCCC(C2)C3N)(C(=O)OC)CC1. The number of nitrogens with one attached hydrogen (secondary N) is 1. The quantitative estimate of drug-likeness (QED) is 0.764. The smallest absolute Gasteiger partial charge is 0.331 e. The molecule has 1 amide bonds. The van der Waals surface area contributed by atoms with Crippen molar-refractivity contribution in [3.63, 3.8) is 0 Å². The van der Waals surface area contributed by atoms with Gasteiger partial charge in [-0.3, -0.25) is 4.79 Å². The molecule has 0 aliphatic heterocycles. The van der Waals surface area contributed by atoms with Crippen molar-refractivity contribution in [3.05, 3.63) is 0 Å². The largest absolute Gasteiger partial charge is 0.467 e. The van der Waals surface area contributed by atoms with Gasteiger partial charge < -0.3 is 15.8 Å². The van der Waals surface area contributed by atoms with Gasteiger partial charge in [0, 0.05) is 12.0 Å². The third-order valence-corrected chi connectivity index (χ3v) is 7.26. The Morgan fingerprint density at radius 3 is 2.24 bits per heavy atom. The Kier molecular flexibility index (Phi) is 5.71. The Labute approximate surface area is 151 Å². The van der Waals surface area contributed by atoms with Crippen molar-refractivity contribution in [2.24, 2.45) is 29.4 Å². The maximum absolute atomic E-state index is 13.0. The number of amides is 1. The molecule has 0 heterocycles. The molecule has 3 N–H and O–H groups in total. The first-order valence-corrected chi connectivity index (χ1v) is 10.1. The number of nitrogens with two attached hydrogens (primary N) is 1. The first-order valence-electron chi connectivity index (χ1n) is 10.1. The van der Waals surface area contributed by atoms with Crippen LogP contribution in [0.15, 0.2) is 0 Å². The molecule has 2 bridgehead atoms. The monoisotopic (exact) mass is 350 g/mol. The lowest BCUT2D eigenvalue weighted by Crippen LogP contribution is -2.59. The Bertz CT molecular complexity index is 485. The Morgan fingerprint density at radius 2 is 1.72 bits per heavy atom. The van der Waals surface area contributed by atoms with Gasteiger partial charge in [0.15, 0.2) is 0 Å². The van der Waals surface area contributed by atoms with Crippen LogP contribution in [-0.2, 0) is 14.3 Å². The number of hydrogen-bond acceptors (Lipinski definition) is 4. The normalized spacial score (nSPS) is 41.0. The summed E-state index contributed by atoms with van der Waals surface area (Å²) in [6.07, 6.45) is 9.75. The van der Waals surface area contributed by atoms with Crippen molar-refractivity contribution in [2.45, 2.75) is 82.7 Å². The van der Waals surface area contributed by atoms with Crippen LogP contribution in [0.3, 0.4) is 0 Å². The molecule has 3 rings (SSSR count). The molecule has 0 aromatic rings. The van der Waals surface area contributed by atoms with Crippen molar-refractivity contribution in [3.8, 4) is 0 Å². The van der Waals surface area contributed by atoms with E-state index in [1.54, 1.807) is 0 Å². The first-order chi connectivity index (χ1) is 12.0. The zero-order valence-corrected chi connectivity index (χ0v) is 15.8. The van der Waals surface area contributed by atoms with Gasteiger partial charge in [-0.25, -0.2) is 4.79 Å². The second-order valence-electron chi connectivity index (χ2n) is 8.61. The van der Waals surface area contributed by atoms with Crippen molar-refractivity contribution in [1.82, 2.24) is 5.32 Å². The summed E-state index contributed by atoms with van der Waals surface area (Å²) in [4.78, 5) is 25.5. The maximum atomic E-state index is 13.0. The zero-order chi connectivity index (χ0) is 18.0. The topological polar surface area (TPSA) is 81.4 Å². The summed E-state index contributed by atoms with van der Waals surface area (Å²) in [5, 5.41) is 3.15. The predicted molar refractivity (Wildman–Crippen MR) is 96.7 cm³/mol. The number of rotatable bonds is 4. The number of ether oxygens (including phenoxy) is 1. The van der Waals surface area contributed by atoms with E-state index in [9.17, 15) is 9.59 Å². The maximum Gasteiger partial charge on any atom is 0.331 e. The van der Waals surface area contributed by atoms with Gasteiger partial charge in [-0.1, -0.05) is 19.8 Å². The van der Waals surface area contributed by atoms with E-state index < -0.39 is 5.54 Å². The van der Waals surface area contributed by atoms with E-state index in [0.717, 1.165) is 44.9 Å². The lowest BCUT2D eigenvalue weighted by molar-refractivity contribution is -0.154. The summed E-state index contributed by atoms with van der Waals surface area (Å²) in [5.74, 6) is 1.36. The van der Waals surface area contributed by atoms with Gasteiger partial charge in [0.25, 0.3) is 0 Å². The molecule has 3 aliphatic carbocycles. The van der Waals surface area contributed by atoms with Crippen molar-refractivity contribution >= 4 is 11.9 Å². The summed E-state index contributed by atoms with van der Waals surface area (Å²) in [7, 11) is 1.42. The minimum Gasteiger partial charge on any atom is -0.467 e. The van der Waals surface area contributed by atoms with E-state index in [0.29, 0.717) is 30.6 Å². The zero-order valence-electron chi connectivity index (χ0n) is 15.8. The van der Waals surface area contributed by atoms with Gasteiger partial charge in [-0.05, 0) is 69.1 Å². The predicted octanol–water partition coefficient (Wildman–Crippen LogP) is 2.77. The number of fused-ring (bicyclic) bond motifs is 2. The van der Waals surface area contributed by atoms with Crippen molar-refractivity contribution in [1.29, 1.82) is 0 Å². The molecular weight excluding hydrogens is 316 g/mol. The van der Waals surface area contributed by atoms with Crippen LogP contribution in [0, 0.1) is 23.7 Å². The minimum absolute atomic E-state index is 0.000490. The van der Waals surface area contributed by atoms with Crippen LogP contribution < -0.4 is 11.1 Å². The minimum atomic E-state index is -0.813. The molecule has 2 atom stereocenters. The lowest BCUT2D eigenvalue weighted by Gasteiger charge is -2.45. The highest BCUT2D eigenvalue weighted by Crippen LogP contribution is 2.42. The van der Waals surface area contributed by atoms with Crippen molar-refractivity contribution < 1.29 is 14.3 Å². The van der Waals surface area contributed by atoms with Crippen molar-refractivity contribution in [2.75, 3.05) is 7.11 Å². The second kappa shape index (κ2) is 7.65. The Morgan fingerprint density at radius 1 is 1.12 bits per heavy atom. The second-order valence-corrected chi connectivity index (χ2v) is 8.61. The summed E-state index contributed by atoms with van der Waals surface area (Å²) in [5.41, 5.74) is 5.54. The molecule has 5 heteroatoms. The van der Waals surface area contributed by atoms with Gasteiger partial charge >= 0.3 is 5.97 Å². The fourth-order valence-electron chi connectivity index (χ4n) is 5.50. The number of hydrogen-bond donors (Lipinski definition) is 2. The van der Waals surface area contributed by atoms with Gasteiger partial charge in [0.2, 0.25) is 5.91 Å². The summed E-state index contributed by atoms with van der Waals surface area (Å²) in [6.45, 7) is 2.19. The number of esters is 1. The molecular formula is C20H34N2O3. The fourth-order valence-corrected chi connectivity index (χ4v) is 5.50. The molecule has 3 aliphatic rings. The molecule has 0 saturated heterocycles. The van der Waals surface area contributed by atoms with E-state index in [1.807, 2.05) is 0 Å². The summed E-state index contributed by atoms with van der Waals surface area (Å²) >= 11 is 0. The Hall–Kier alpha value is -1.10. The van der Waals surface area contributed by atoms with Gasteiger partial charge in [-0.15, -0.1) is 0 Å². The fraction of sp³-hybridized carbons (Fsp3) is 0.900. The molecule has 25 heavy (non-hydrogen) atoms. The number of methoxy groups -OCH3 is 1. The summed E-state index contributed by atoms with van der Waals surface area (Å²) < 4.78 is 5.07. The van der Waals surface area contributed by atoms with E-state index in [4.69, 9.17) is 10.5 Å². The first kappa shape index (κ1) is 18.7. The molecule has 0 aromatic heterocycles. The average Bonchev–Trinajstić information content (AvgIpc) is 2.61. The van der Waals surface area contributed by atoms with E-state index in [1.165, 1.54) is 13.5 Å². The van der Waals surface area contributed by atoms with Gasteiger partial charge in [0.1, 0.15) is 5.54 Å². The van der Waals surface area contributed by atoms with E-state index >= 15 is 0 Å². The molecule has 2 unspecified atom stereocenters. The van der Waals surface area contributed by atoms with Crippen LogP contribution in [0.25, 0.3) is 0 Å². The van der Waals surface area contributed by atoms with Gasteiger partial charge in [-0.2, -0.15) is 0 Å². The van der Waals surface area contributed by atoms with Crippen LogP contribution in [0.4, 0.5) is 0 Å². The standard InChI is InChI=1S/C20H34N2O3/c1-3-13-7-9-20(10-8-13,19(24)25-2)22-18(23)16-11-14-5-4-6-15(12-16)17(14)21/h13-17H,3-12,21H2,1-2H3,(H,22,23). The van der Waals surface area contributed by atoms with Crippen LogP contribution in [0.5, 0.6) is 0 Å². The van der Waals surface area contributed by atoms with Crippen LogP contribution in [0.2, 0.25) is 0 Å². The Balaban J connectivity index is 1.68. The van der Waals surface area contributed by atoms with Crippen LogP contribution in [0.1, 0.15) is 71.1 Å². The average molecular weight is 351 g/mol. The highest BCUT2D eigenvalue weighted by atomic mass is 16.5. The van der Waals surface area contributed by atoms with Crippen LogP contribution in [-0.4, -0.2) is 30.6 Å². The van der Waals surface area contributed by atoms with Gasteiger partial charge in [0.05, 0.1) is 7.11 Å². The van der Waals surface area contributed by atoms with E-state index in [-0.39, 0.29) is 23.8 Å². The molecule has 0 radical (unpaired) electrons. The van der Waals surface area contributed by atoms with Crippen LogP contribution >= 0.6 is 0 Å². The highest BCUT2D eigenvalue weighted by molar-refractivity contribution is 5.89. The van der Waals surface area contributed by atoms with E-state index in [2.05, 4.69) is 12.2 Å². The third-order valence-electron chi connectivity index (χ3n) is 7.26. The molecule has 3 saturated carbocycles.